The van der Waals surface area contributed by atoms with Crippen LogP contribution in [0.1, 0.15) is 50.7 Å². The third-order valence-electron chi connectivity index (χ3n) is 5.83. The van der Waals surface area contributed by atoms with Gasteiger partial charge in [0.05, 0.1) is 0 Å². The Bertz CT molecular complexity index is 738. The molecule has 1 aromatic rings. The predicted octanol–water partition coefficient (Wildman–Crippen LogP) is 2.70. The molecule has 0 saturated carbocycles. The number of hydrogen-bond acceptors (Lipinski definition) is 3. The van der Waals surface area contributed by atoms with E-state index in [9.17, 15) is 14.4 Å². The number of nitrogens with zero attached hydrogens (tertiary/aromatic N) is 2. The van der Waals surface area contributed by atoms with E-state index < -0.39 is 12.0 Å². The molecule has 2 amide bonds. The number of aliphatic carboxylic acids is 1. The number of amides is 2. The lowest BCUT2D eigenvalue weighted by Crippen LogP contribution is -2.55. The summed E-state index contributed by atoms with van der Waals surface area (Å²) in [7, 11) is 0. The van der Waals surface area contributed by atoms with Crippen LogP contribution in [0.15, 0.2) is 24.3 Å². The van der Waals surface area contributed by atoms with Gasteiger partial charge in [0.15, 0.2) is 0 Å². The summed E-state index contributed by atoms with van der Waals surface area (Å²) in [4.78, 5) is 40.7. The van der Waals surface area contributed by atoms with E-state index in [2.05, 4.69) is 0 Å². The topological polar surface area (TPSA) is 77.9 Å². The first kappa shape index (κ1) is 20.4. The van der Waals surface area contributed by atoms with Gasteiger partial charge in [0.1, 0.15) is 6.04 Å². The van der Waals surface area contributed by atoms with Crippen LogP contribution in [0.5, 0.6) is 0 Å². The SMILES string of the molecule is CC(C)CC(=O)N1Cc2ccccc2CC1C(=O)N1CCC(CC(=O)O)CC1. The fourth-order valence-electron chi connectivity index (χ4n) is 4.29. The molecule has 2 aliphatic heterocycles. The minimum absolute atomic E-state index is 0.000356. The summed E-state index contributed by atoms with van der Waals surface area (Å²) in [6.07, 6.45) is 2.57. The van der Waals surface area contributed by atoms with Gasteiger partial charge in [-0.25, -0.2) is 0 Å². The van der Waals surface area contributed by atoms with Crippen LogP contribution < -0.4 is 0 Å². The van der Waals surface area contributed by atoms with Crippen LogP contribution in [0, 0.1) is 11.8 Å². The van der Waals surface area contributed by atoms with Crippen LogP contribution >= 0.6 is 0 Å². The fraction of sp³-hybridized carbons (Fsp3) is 0.591. The second-order valence-corrected chi connectivity index (χ2v) is 8.47. The summed E-state index contributed by atoms with van der Waals surface area (Å²) >= 11 is 0. The Labute approximate surface area is 166 Å². The van der Waals surface area contributed by atoms with Gasteiger partial charge in [-0.1, -0.05) is 38.1 Å². The summed E-state index contributed by atoms with van der Waals surface area (Å²) in [5.41, 5.74) is 2.25. The van der Waals surface area contributed by atoms with Crippen molar-refractivity contribution in [1.82, 2.24) is 9.80 Å². The largest absolute Gasteiger partial charge is 0.481 e. The van der Waals surface area contributed by atoms with Gasteiger partial charge >= 0.3 is 5.97 Å². The molecular weight excluding hydrogens is 356 g/mol. The van der Waals surface area contributed by atoms with Crippen molar-refractivity contribution in [3.8, 4) is 0 Å². The van der Waals surface area contributed by atoms with Gasteiger partial charge in [-0.3, -0.25) is 14.4 Å². The summed E-state index contributed by atoms with van der Waals surface area (Å²) in [6, 6.07) is 7.56. The van der Waals surface area contributed by atoms with Crippen molar-refractivity contribution in [2.45, 2.75) is 58.5 Å². The monoisotopic (exact) mass is 386 g/mol. The maximum atomic E-state index is 13.3. The molecule has 1 N–H and O–H groups in total. The molecule has 0 radical (unpaired) electrons. The zero-order valence-corrected chi connectivity index (χ0v) is 16.8. The number of carboxylic acids is 1. The van der Waals surface area contributed by atoms with E-state index in [1.54, 1.807) is 4.90 Å². The van der Waals surface area contributed by atoms with Gasteiger partial charge in [0, 0.05) is 38.9 Å². The van der Waals surface area contributed by atoms with Gasteiger partial charge < -0.3 is 14.9 Å². The first-order valence-corrected chi connectivity index (χ1v) is 10.2. The number of rotatable bonds is 5. The molecule has 0 aromatic heterocycles. The van der Waals surface area contributed by atoms with Crippen molar-refractivity contribution < 1.29 is 19.5 Å². The highest BCUT2D eigenvalue weighted by molar-refractivity contribution is 5.88. The summed E-state index contributed by atoms with van der Waals surface area (Å²) in [5, 5.41) is 8.98. The molecule has 2 aliphatic rings. The minimum atomic E-state index is -0.779. The van der Waals surface area contributed by atoms with Crippen LogP contribution in [0.25, 0.3) is 0 Å². The van der Waals surface area contributed by atoms with Crippen molar-refractivity contribution in [2.24, 2.45) is 11.8 Å². The van der Waals surface area contributed by atoms with Crippen molar-refractivity contribution in [1.29, 1.82) is 0 Å². The molecular formula is C22H30N2O4. The Morgan fingerprint density at radius 2 is 1.75 bits per heavy atom. The number of likely N-dealkylation sites (tertiary alicyclic amines) is 1. The van der Waals surface area contributed by atoms with Crippen LogP contribution in [-0.4, -0.2) is 51.8 Å². The summed E-state index contributed by atoms with van der Waals surface area (Å²) in [6.45, 7) is 5.65. The molecule has 0 bridgehead atoms. The quantitative estimate of drug-likeness (QED) is 0.844. The van der Waals surface area contributed by atoms with Gasteiger partial charge in [0.25, 0.3) is 0 Å². The van der Waals surface area contributed by atoms with Gasteiger partial charge in [-0.15, -0.1) is 0 Å². The normalized spacial score (nSPS) is 20.2. The molecule has 152 valence electrons. The van der Waals surface area contributed by atoms with Crippen molar-refractivity contribution in [2.75, 3.05) is 13.1 Å². The standard InChI is InChI=1S/C22H30N2O4/c1-15(2)11-20(25)24-14-18-6-4-3-5-17(18)13-19(24)22(28)23-9-7-16(8-10-23)12-21(26)27/h3-6,15-16,19H,7-14H2,1-2H3,(H,26,27). The molecule has 1 unspecified atom stereocenters. The minimum Gasteiger partial charge on any atom is -0.481 e. The van der Waals surface area contributed by atoms with Gasteiger partial charge in [-0.2, -0.15) is 0 Å². The summed E-state index contributed by atoms with van der Waals surface area (Å²) < 4.78 is 0. The lowest BCUT2D eigenvalue weighted by atomic mass is 9.90. The highest BCUT2D eigenvalue weighted by Gasteiger charge is 2.37. The number of fused-ring (bicyclic) bond motifs is 1. The lowest BCUT2D eigenvalue weighted by Gasteiger charge is -2.40. The van der Waals surface area contributed by atoms with E-state index in [-0.39, 0.29) is 30.1 Å². The Morgan fingerprint density at radius 1 is 1.11 bits per heavy atom. The summed E-state index contributed by atoms with van der Waals surface area (Å²) in [5.74, 6) is -0.373. The third kappa shape index (κ3) is 4.72. The van der Waals surface area contributed by atoms with Crippen molar-refractivity contribution in [3.63, 3.8) is 0 Å². The van der Waals surface area contributed by atoms with E-state index in [0.29, 0.717) is 45.3 Å². The zero-order valence-electron chi connectivity index (χ0n) is 16.8. The van der Waals surface area contributed by atoms with E-state index in [1.807, 2.05) is 43.0 Å². The number of carboxylic acid groups (broad SMARTS) is 1. The van der Waals surface area contributed by atoms with Gasteiger partial charge in [-0.05, 0) is 35.8 Å². The smallest absolute Gasteiger partial charge is 0.303 e. The highest BCUT2D eigenvalue weighted by atomic mass is 16.4. The van der Waals surface area contributed by atoms with Crippen molar-refractivity contribution in [3.05, 3.63) is 35.4 Å². The molecule has 2 heterocycles. The van der Waals surface area contributed by atoms with E-state index in [4.69, 9.17) is 5.11 Å². The van der Waals surface area contributed by atoms with Crippen LogP contribution in [-0.2, 0) is 27.3 Å². The number of hydrogen-bond donors (Lipinski definition) is 1. The van der Waals surface area contributed by atoms with Crippen LogP contribution in [0.3, 0.4) is 0 Å². The van der Waals surface area contributed by atoms with E-state index >= 15 is 0 Å². The maximum absolute atomic E-state index is 13.3. The second-order valence-electron chi connectivity index (χ2n) is 8.47. The Kier molecular flexibility index (Phi) is 6.37. The number of piperidine rings is 1. The molecule has 6 nitrogen and oxygen atoms in total. The molecule has 1 fully saturated rings. The average molecular weight is 386 g/mol. The van der Waals surface area contributed by atoms with Crippen LogP contribution in [0.2, 0.25) is 0 Å². The Hall–Kier alpha value is -2.37. The Balaban J connectivity index is 1.74. The zero-order chi connectivity index (χ0) is 20.3. The van der Waals surface area contributed by atoms with Gasteiger partial charge in [0.2, 0.25) is 11.8 Å². The molecule has 1 saturated heterocycles. The molecule has 0 spiro atoms. The molecule has 28 heavy (non-hydrogen) atoms. The molecule has 1 aromatic carbocycles. The predicted molar refractivity (Wildman–Crippen MR) is 105 cm³/mol. The third-order valence-corrected chi connectivity index (χ3v) is 5.83. The van der Waals surface area contributed by atoms with E-state index in [1.165, 1.54) is 0 Å². The van der Waals surface area contributed by atoms with Crippen molar-refractivity contribution >= 4 is 17.8 Å². The first-order valence-electron chi connectivity index (χ1n) is 10.2. The molecule has 3 rings (SSSR count). The highest BCUT2D eigenvalue weighted by Crippen LogP contribution is 2.28. The van der Waals surface area contributed by atoms with Crippen LogP contribution in [0.4, 0.5) is 0 Å². The van der Waals surface area contributed by atoms with E-state index in [0.717, 1.165) is 11.1 Å². The average Bonchev–Trinajstić information content (AvgIpc) is 2.66. The number of carbonyl (C=O) groups is 3. The molecule has 0 aliphatic carbocycles. The maximum Gasteiger partial charge on any atom is 0.303 e. The molecule has 1 atom stereocenters. The Morgan fingerprint density at radius 3 is 2.36 bits per heavy atom. The second kappa shape index (κ2) is 8.76. The number of carbonyl (C=O) groups excluding carboxylic acids is 2. The number of benzene rings is 1. The molecule has 6 heteroatoms. The fourth-order valence-corrected chi connectivity index (χ4v) is 4.29. The first-order chi connectivity index (χ1) is 13.3. The lowest BCUT2D eigenvalue weighted by molar-refractivity contribution is -0.148.